The average molecular weight is 270 g/mol. The molecule has 6 heteroatoms. The number of nitrogens with two attached hydrogens (primary N) is 2. The minimum atomic E-state index is -0.710. The van der Waals surface area contributed by atoms with Crippen LogP contribution in [0.1, 0.15) is 39.5 Å². The van der Waals surface area contributed by atoms with Crippen LogP contribution in [0.15, 0.2) is 0 Å². The molecule has 6 N–H and O–H groups in total. The summed E-state index contributed by atoms with van der Waals surface area (Å²) in [7, 11) is 1.69. The van der Waals surface area contributed by atoms with Gasteiger partial charge in [-0.3, -0.25) is 9.59 Å². The summed E-state index contributed by atoms with van der Waals surface area (Å²) in [6, 6.07) is -0.263. The number of carbonyl (C=O) groups is 2. The number of likely N-dealkylation sites (N-methyl/N-ethyl adjacent to an activating group) is 1. The molecule has 1 fully saturated rings. The van der Waals surface area contributed by atoms with Gasteiger partial charge in [0.15, 0.2) is 0 Å². The molecule has 2 unspecified atom stereocenters. The molecule has 2 atom stereocenters. The first kappa shape index (κ1) is 15.9. The highest BCUT2D eigenvalue weighted by atomic mass is 16.2. The Bertz CT molecular complexity index is 342. The van der Waals surface area contributed by atoms with Crippen LogP contribution in [0.4, 0.5) is 0 Å². The van der Waals surface area contributed by atoms with Crippen molar-refractivity contribution in [3.63, 3.8) is 0 Å². The van der Waals surface area contributed by atoms with E-state index in [0.717, 1.165) is 12.8 Å². The summed E-state index contributed by atoms with van der Waals surface area (Å²) in [5, 5.41) is 6.19. The van der Waals surface area contributed by atoms with Crippen LogP contribution in [0, 0.1) is 5.92 Å². The highest BCUT2D eigenvalue weighted by molar-refractivity contribution is 5.86. The standard InChI is InChI=1S/C13H26N4O2/c1-8(2)17-13(12(15)19,9-4-5-9)7-6-10(16-3)11(14)18/h8-10,16-17H,4-7H2,1-3H3,(H2,14,18)(H2,15,19). The second-order valence-electron chi connectivity index (χ2n) is 5.69. The highest BCUT2D eigenvalue weighted by Gasteiger charge is 2.49. The number of primary amides is 2. The fourth-order valence-corrected chi connectivity index (χ4v) is 2.68. The van der Waals surface area contributed by atoms with E-state index in [2.05, 4.69) is 10.6 Å². The normalized spacial score (nSPS) is 20.0. The molecule has 19 heavy (non-hydrogen) atoms. The molecule has 110 valence electrons. The lowest BCUT2D eigenvalue weighted by Gasteiger charge is -2.35. The number of rotatable bonds is 9. The fourth-order valence-electron chi connectivity index (χ4n) is 2.68. The fraction of sp³-hybridized carbons (Fsp3) is 0.846. The Morgan fingerprint density at radius 2 is 1.89 bits per heavy atom. The highest BCUT2D eigenvalue weighted by Crippen LogP contribution is 2.42. The molecular formula is C13H26N4O2. The van der Waals surface area contributed by atoms with Gasteiger partial charge in [0.2, 0.25) is 11.8 Å². The van der Waals surface area contributed by atoms with Gasteiger partial charge in [-0.25, -0.2) is 0 Å². The number of amides is 2. The van der Waals surface area contributed by atoms with Crippen molar-refractivity contribution >= 4 is 11.8 Å². The Hall–Kier alpha value is -1.14. The number of carbonyl (C=O) groups excluding carboxylic acids is 2. The van der Waals surface area contributed by atoms with Gasteiger partial charge in [0.1, 0.15) is 5.54 Å². The van der Waals surface area contributed by atoms with Gasteiger partial charge in [-0.1, -0.05) is 0 Å². The van der Waals surface area contributed by atoms with E-state index in [1.165, 1.54) is 0 Å². The molecule has 1 saturated carbocycles. The third kappa shape index (κ3) is 3.91. The van der Waals surface area contributed by atoms with Crippen molar-refractivity contribution < 1.29 is 9.59 Å². The van der Waals surface area contributed by atoms with Gasteiger partial charge in [0, 0.05) is 6.04 Å². The predicted octanol–water partition coefficient (Wildman–Crippen LogP) is -0.528. The molecule has 1 rings (SSSR count). The first-order valence-corrected chi connectivity index (χ1v) is 6.87. The summed E-state index contributed by atoms with van der Waals surface area (Å²) in [4.78, 5) is 23.2. The molecule has 2 amide bonds. The largest absolute Gasteiger partial charge is 0.368 e. The van der Waals surface area contributed by atoms with Gasteiger partial charge in [0.25, 0.3) is 0 Å². The Kier molecular flexibility index (Phi) is 5.31. The van der Waals surface area contributed by atoms with Gasteiger partial charge in [-0.05, 0) is 52.5 Å². The average Bonchev–Trinajstić information content (AvgIpc) is 3.10. The Morgan fingerprint density at radius 3 is 2.21 bits per heavy atom. The lowest BCUT2D eigenvalue weighted by Crippen LogP contribution is -2.60. The van der Waals surface area contributed by atoms with Crippen molar-refractivity contribution in [3.8, 4) is 0 Å². The van der Waals surface area contributed by atoms with Gasteiger partial charge in [-0.15, -0.1) is 0 Å². The minimum absolute atomic E-state index is 0.162. The van der Waals surface area contributed by atoms with E-state index in [-0.39, 0.29) is 17.9 Å². The zero-order valence-corrected chi connectivity index (χ0v) is 12.0. The molecule has 0 bridgehead atoms. The number of hydrogen-bond donors (Lipinski definition) is 4. The van der Waals surface area contributed by atoms with Gasteiger partial charge in [0.05, 0.1) is 6.04 Å². The second-order valence-corrected chi connectivity index (χ2v) is 5.69. The smallest absolute Gasteiger partial charge is 0.238 e. The monoisotopic (exact) mass is 270 g/mol. The number of hydrogen-bond acceptors (Lipinski definition) is 4. The maximum absolute atomic E-state index is 11.9. The molecular weight excluding hydrogens is 244 g/mol. The molecule has 0 saturated heterocycles. The first-order chi connectivity index (χ1) is 8.83. The van der Waals surface area contributed by atoms with Crippen LogP contribution < -0.4 is 22.1 Å². The second kappa shape index (κ2) is 6.34. The molecule has 0 heterocycles. The summed E-state index contributed by atoms with van der Waals surface area (Å²) in [6.45, 7) is 3.98. The Labute approximate surface area is 114 Å². The summed E-state index contributed by atoms with van der Waals surface area (Å²) in [5.74, 6) is -0.456. The van der Waals surface area contributed by atoms with Crippen molar-refractivity contribution in [2.45, 2.75) is 57.2 Å². The molecule has 1 aliphatic rings. The third-order valence-corrected chi connectivity index (χ3v) is 3.78. The van der Waals surface area contributed by atoms with Gasteiger partial charge in [-0.2, -0.15) is 0 Å². The molecule has 0 aromatic carbocycles. The van der Waals surface area contributed by atoms with Crippen molar-refractivity contribution in [2.75, 3.05) is 7.05 Å². The molecule has 1 aliphatic carbocycles. The van der Waals surface area contributed by atoms with Crippen molar-refractivity contribution in [1.82, 2.24) is 10.6 Å². The van der Waals surface area contributed by atoms with Crippen molar-refractivity contribution in [2.24, 2.45) is 17.4 Å². The quantitative estimate of drug-likeness (QED) is 0.451. The molecule has 0 radical (unpaired) electrons. The van der Waals surface area contributed by atoms with Crippen LogP contribution >= 0.6 is 0 Å². The maximum Gasteiger partial charge on any atom is 0.238 e. The Morgan fingerprint density at radius 1 is 1.32 bits per heavy atom. The van der Waals surface area contributed by atoms with E-state index in [4.69, 9.17) is 11.5 Å². The summed E-state index contributed by atoms with van der Waals surface area (Å²) < 4.78 is 0. The molecule has 6 nitrogen and oxygen atoms in total. The van der Waals surface area contributed by atoms with Crippen molar-refractivity contribution in [3.05, 3.63) is 0 Å². The lowest BCUT2D eigenvalue weighted by molar-refractivity contribution is -0.127. The van der Waals surface area contributed by atoms with Crippen LogP contribution in [0.25, 0.3) is 0 Å². The predicted molar refractivity (Wildman–Crippen MR) is 74.2 cm³/mol. The van der Waals surface area contributed by atoms with Gasteiger partial charge >= 0.3 is 0 Å². The SMILES string of the molecule is CNC(CCC(NC(C)C)(C(N)=O)C1CC1)C(N)=O. The van der Waals surface area contributed by atoms with Crippen LogP contribution in [0.5, 0.6) is 0 Å². The minimum Gasteiger partial charge on any atom is -0.368 e. The van der Waals surface area contributed by atoms with Gasteiger partial charge < -0.3 is 22.1 Å². The molecule has 0 aromatic rings. The summed E-state index contributed by atoms with van der Waals surface area (Å²) >= 11 is 0. The van der Waals surface area contributed by atoms with E-state index in [9.17, 15) is 9.59 Å². The van der Waals surface area contributed by atoms with Crippen LogP contribution in [-0.4, -0.2) is 36.5 Å². The van der Waals surface area contributed by atoms with E-state index < -0.39 is 17.5 Å². The van der Waals surface area contributed by atoms with Crippen LogP contribution in [0.3, 0.4) is 0 Å². The third-order valence-electron chi connectivity index (χ3n) is 3.78. The first-order valence-electron chi connectivity index (χ1n) is 6.87. The number of nitrogens with one attached hydrogen (secondary N) is 2. The molecule has 0 spiro atoms. The Balaban J connectivity index is 2.79. The van der Waals surface area contributed by atoms with Crippen LogP contribution in [0.2, 0.25) is 0 Å². The zero-order valence-electron chi connectivity index (χ0n) is 12.0. The van der Waals surface area contributed by atoms with E-state index in [1.54, 1.807) is 7.05 Å². The van der Waals surface area contributed by atoms with Crippen LogP contribution in [-0.2, 0) is 9.59 Å². The molecule has 0 aromatic heterocycles. The van der Waals surface area contributed by atoms with E-state index in [1.807, 2.05) is 13.8 Å². The molecule has 0 aliphatic heterocycles. The summed E-state index contributed by atoms with van der Waals surface area (Å²) in [5.41, 5.74) is 10.2. The topological polar surface area (TPSA) is 110 Å². The zero-order chi connectivity index (χ0) is 14.6. The lowest BCUT2D eigenvalue weighted by atomic mass is 9.84. The van der Waals surface area contributed by atoms with E-state index >= 15 is 0 Å². The van der Waals surface area contributed by atoms with Crippen molar-refractivity contribution in [1.29, 1.82) is 0 Å². The maximum atomic E-state index is 11.9. The summed E-state index contributed by atoms with van der Waals surface area (Å²) in [6.07, 6.45) is 3.04. The van der Waals surface area contributed by atoms with E-state index in [0.29, 0.717) is 12.8 Å².